The predicted octanol–water partition coefficient (Wildman–Crippen LogP) is 0.667. The Bertz CT molecular complexity index is 533. The summed E-state index contributed by atoms with van der Waals surface area (Å²) in [5, 5.41) is 11.4. The molecule has 0 unspecified atom stereocenters. The van der Waals surface area contributed by atoms with Crippen LogP contribution in [0.5, 0.6) is 0 Å². The molecule has 7 nitrogen and oxygen atoms in total. The molecule has 1 aliphatic rings. The first kappa shape index (κ1) is 14.2. The lowest BCUT2D eigenvalue weighted by atomic mass is 10.3. The third kappa shape index (κ3) is 3.90. The van der Waals surface area contributed by atoms with Crippen LogP contribution >= 0.6 is 0 Å². The summed E-state index contributed by atoms with van der Waals surface area (Å²) in [6, 6.07) is 3.62. The lowest BCUT2D eigenvalue weighted by Gasteiger charge is -2.28. The number of hydrogen-bond acceptors (Lipinski definition) is 7. The Morgan fingerprint density at radius 3 is 2.95 bits per heavy atom. The molecular formula is C14H21N5O2. The maximum absolute atomic E-state index is 5.61. The fraction of sp³-hybridized carbons (Fsp3) is 0.571. The quantitative estimate of drug-likeness (QED) is 0.838. The monoisotopic (exact) mass is 291 g/mol. The van der Waals surface area contributed by atoms with Gasteiger partial charge >= 0.3 is 0 Å². The van der Waals surface area contributed by atoms with E-state index in [1.807, 2.05) is 6.07 Å². The SMILES string of the molecule is CN(CCN1CCNCC1)Cc1nnc(-c2ccco2)o1. The number of rotatable bonds is 6. The van der Waals surface area contributed by atoms with Crippen LogP contribution in [0.25, 0.3) is 11.7 Å². The molecule has 0 aromatic carbocycles. The first-order valence-electron chi connectivity index (χ1n) is 7.29. The molecule has 3 heterocycles. The highest BCUT2D eigenvalue weighted by Gasteiger charge is 2.14. The van der Waals surface area contributed by atoms with E-state index in [9.17, 15) is 0 Å². The molecule has 0 amide bonds. The molecular weight excluding hydrogens is 270 g/mol. The van der Waals surface area contributed by atoms with Gasteiger partial charge in [-0.25, -0.2) is 0 Å². The summed E-state index contributed by atoms with van der Waals surface area (Å²) in [6.07, 6.45) is 1.60. The van der Waals surface area contributed by atoms with Crippen LogP contribution in [0.4, 0.5) is 0 Å². The van der Waals surface area contributed by atoms with Crippen LogP contribution in [-0.2, 0) is 6.54 Å². The summed E-state index contributed by atoms with van der Waals surface area (Å²) >= 11 is 0. The maximum atomic E-state index is 5.61. The molecule has 2 aromatic heterocycles. The summed E-state index contributed by atoms with van der Waals surface area (Å²) in [6.45, 7) is 7.11. The molecule has 1 aliphatic heterocycles. The number of aromatic nitrogens is 2. The topological polar surface area (TPSA) is 70.6 Å². The van der Waals surface area contributed by atoms with Crippen molar-refractivity contribution in [3.8, 4) is 11.7 Å². The fourth-order valence-corrected chi connectivity index (χ4v) is 2.37. The van der Waals surface area contributed by atoms with Crippen molar-refractivity contribution in [2.75, 3.05) is 46.3 Å². The summed E-state index contributed by atoms with van der Waals surface area (Å²) < 4.78 is 10.9. The van der Waals surface area contributed by atoms with Gasteiger partial charge in [0.05, 0.1) is 12.8 Å². The third-order valence-corrected chi connectivity index (χ3v) is 3.61. The van der Waals surface area contributed by atoms with Gasteiger partial charge in [-0.05, 0) is 19.2 Å². The third-order valence-electron chi connectivity index (χ3n) is 3.61. The normalized spacial score (nSPS) is 16.7. The zero-order valence-electron chi connectivity index (χ0n) is 12.3. The van der Waals surface area contributed by atoms with E-state index in [0.717, 1.165) is 39.3 Å². The van der Waals surface area contributed by atoms with E-state index in [2.05, 4.69) is 32.4 Å². The zero-order valence-corrected chi connectivity index (χ0v) is 12.3. The number of nitrogens with zero attached hydrogens (tertiary/aromatic N) is 4. The molecule has 0 atom stereocenters. The van der Waals surface area contributed by atoms with Crippen molar-refractivity contribution in [2.45, 2.75) is 6.54 Å². The van der Waals surface area contributed by atoms with E-state index in [4.69, 9.17) is 8.83 Å². The van der Waals surface area contributed by atoms with Crippen molar-refractivity contribution < 1.29 is 8.83 Å². The summed E-state index contributed by atoms with van der Waals surface area (Å²) in [4.78, 5) is 4.66. The van der Waals surface area contributed by atoms with E-state index in [0.29, 0.717) is 24.1 Å². The molecule has 2 aromatic rings. The Hall–Kier alpha value is -1.70. The number of hydrogen-bond donors (Lipinski definition) is 1. The summed E-state index contributed by atoms with van der Waals surface area (Å²) in [5.41, 5.74) is 0. The van der Waals surface area contributed by atoms with Crippen LogP contribution in [0, 0.1) is 0 Å². The predicted molar refractivity (Wildman–Crippen MR) is 77.6 cm³/mol. The molecule has 3 rings (SSSR count). The first-order chi connectivity index (χ1) is 10.3. The van der Waals surface area contributed by atoms with E-state index in [-0.39, 0.29) is 0 Å². The standard InChI is InChI=1S/C14H21N5O2/c1-18(8-9-19-6-4-15-5-7-19)11-13-16-17-14(21-13)12-3-2-10-20-12/h2-3,10,15H,4-9,11H2,1H3. The molecule has 1 saturated heterocycles. The maximum Gasteiger partial charge on any atom is 0.283 e. The van der Waals surface area contributed by atoms with Crippen molar-refractivity contribution in [3.05, 3.63) is 24.3 Å². The van der Waals surface area contributed by atoms with Gasteiger partial charge in [-0.2, -0.15) is 0 Å². The Morgan fingerprint density at radius 1 is 1.33 bits per heavy atom. The summed E-state index contributed by atoms with van der Waals surface area (Å²) in [7, 11) is 2.07. The Labute approximate surface area is 123 Å². The van der Waals surface area contributed by atoms with Crippen molar-refractivity contribution >= 4 is 0 Å². The second-order valence-corrected chi connectivity index (χ2v) is 5.31. The zero-order chi connectivity index (χ0) is 14.5. The van der Waals surface area contributed by atoms with Crippen LogP contribution in [0.3, 0.4) is 0 Å². The van der Waals surface area contributed by atoms with Gasteiger partial charge in [0.25, 0.3) is 5.89 Å². The van der Waals surface area contributed by atoms with Crippen molar-refractivity contribution in [1.82, 2.24) is 25.3 Å². The van der Waals surface area contributed by atoms with Gasteiger partial charge in [0.1, 0.15) is 0 Å². The molecule has 0 aliphatic carbocycles. The van der Waals surface area contributed by atoms with Crippen LogP contribution in [0.1, 0.15) is 5.89 Å². The van der Waals surface area contributed by atoms with Crippen molar-refractivity contribution in [3.63, 3.8) is 0 Å². The van der Waals surface area contributed by atoms with E-state index in [1.165, 1.54) is 0 Å². The smallest absolute Gasteiger partial charge is 0.283 e. The Kier molecular flexibility index (Phi) is 4.64. The highest BCUT2D eigenvalue weighted by Crippen LogP contribution is 2.18. The molecule has 114 valence electrons. The number of piperazine rings is 1. The van der Waals surface area contributed by atoms with E-state index in [1.54, 1.807) is 12.3 Å². The molecule has 7 heteroatoms. The van der Waals surface area contributed by atoms with Gasteiger partial charge in [0.15, 0.2) is 5.76 Å². The van der Waals surface area contributed by atoms with Crippen LogP contribution in [-0.4, -0.2) is 66.3 Å². The molecule has 0 radical (unpaired) electrons. The molecule has 0 bridgehead atoms. The molecule has 0 saturated carbocycles. The largest absolute Gasteiger partial charge is 0.459 e. The van der Waals surface area contributed by atoms with Crippen molar-refractivity contribution in [1.29, 1.82) is 0 Å². The minimum absolute atomic E-state index is 0.436. The van der Waals surface area contributed by atoms with Gasteiger partial charge in [-0.1, -0.05) is 0 Å². The molecule has 1 N–H and O–H groups in total. The van der Waals surface area contributed by atoms with Gasteiger partial charge < -0.3 is 14.2 Å². The highest BCUT2D eigenvalue weighted by atomic mass is 16.4. The first-order valence-corrected chi connectivity index (χ1v) is 7.29. The van der Waals surface area contributed by atoms with Gasteiger partial charge in [0, 0.05) is 39.3 Å². The van der Waals surface area contributed by atoms with Gasteiger partial charge in [-0.3, -0.25) is 9.80 Å². The number of nitrogens with one attached hydrogen (secondary N) is 1. The molecule has 0 spiro atoms. The lowest BCUT2D eigenvalue weighted by molar-refractivity contribution is 0.195. The highest BCUT2D eigenvalue weighted by molar-refractivity contribution is 5.42. The van der Waals surface area contributed by atoms with E-state index >= 15 is 0 Å². The lowest BCUT2D eigenvalue weighted by Crippen LogP contribution is -2.45. The molecule has 1 fully saturated rings. The number of furan rings is 1. The second kappa shape index (κ2) is 6.84. The Balaban J connectivity index is 1.47. The van der Waals surface area contributed by atoms with Crippen LogP contribution in [0.2, 0.25) is 0 Å². The average molecular weight is 291 g/mol. The average Bonchev–Trinajstić information content (AvgIpc) is 3.17. The fourth-order valence-electron chi connectivity index (χ4n) is 2.37. The van der Waals surface area contributed by atoms with Gasteiger partial charge in [0.2, 0.25) is 5.89 Å². The van der Waals surface area contributed by atoms with E-state index < -0.39 is 0 Å². The van der Waals surface area contributed by atoms with Crippen molar-refractivity contribution in [2.24, 2.45) is 0 Å². The molecule has 21 heavy (non-hydrogen) atoms. The second-order valence-electron chi connectivity index (χ2n) is 5.31. The minimum atomic E-state index is 0.436. The summed E-state index contributed by atoms with van der Waals surface area (Å²) in [5.74, 6) is 1.66. The Morgan fingerprint density at radius 2 is 2.19 bits per heavy atom. The van der Waals surface area contributed by atoms with Crippen LogP contribution < -0.4 is 5.32 Å². The number of likely N-dealkylation sites (N-methyl/N-ethyl adjacent to an activating group) is 1. The van der Waals surface area contributed by atoms with Gasteiger partial charge in [-0.15, -0.1) is 10.2 Å². The van der Waals surface area contributed by atoms with Crippen LogP contribution in [0.15, 0.2) is 27.2 Å². The minimum Gasteiger partial charge on any atom is -0.459 e.